The van der Waals surface area contributed by atoms with Crippen LogP contribution in [0.5, 0.6) is 0 Å². The van der Waals surface area contributed by atoms with Crippen molar-refractivity contribution in [3.05, 3.63) is 0 Å². The van der Waals surface area contributed by atoms with Crippen LogP contribution in [-0.2, 0) is 14.3 Å². The normalized spacial score (nSPS) is 25.7. The van der Waals surface area contributed by atoms with Crippen molar-refractivity contribution in [2.45, 2.75) is 51.2 Å². The molecule has 86 valence electrons. The van der Waals surface area contributed by atoms with Gasteiger partial charge in [0.15, 0.2) is 6.29 Å². The molecule has 3 heteroatoms. The second-order valence-electron chi connectivity index (χ2n) is 4.58. The van der Waals surface area contributed by atoms with Crippen LogP contribution in [0.25, 0.3) is 0 Å². The quantitative estimate of drug-likeness (QED) is 0.720. The lowest BCUT2D eigenvalue weighted by Crippen LogP contribution is -2.26. The molecular formula is C12H20O3. The van der Waals surface area contributed by atoms with E-state index in [-0.39, 0.29) is 6.29 Å². The topological polar surface area (TPSA) is 35.5 Å². The van der Waals surface area contributed by atoms with Gasteiger partial charge in [-0.3, -0.25) is 4.79 Å². The molecule has 1 aliphatic carbocycles. The molecule has 1 aliphatic heterocycles. The highest BCUT2D eigenvalue weighted by atomic mass is 16.7. The van der Waals surface area contributed by atoms with E-state index in [0.29, 0.717) is 5.78 Å². The second kappa shape index (κ2) is 5.61. The summed E-state index contributed by atoms with van der Waals surface area (Å²) in [6.07, 6.45) is 6.92. The van der Waals surface area contributed by atoms with Gasteiger partial charge in [-0.2, -0.15) is 0 Å². The lowest BCUT2D eigenvalue weighted by atomic mass is 9.85. The number of rotatable bonds is 3. The summed E-state index contributed by atoms with van der Waals surface area (Å²) in [5.41, 5.74) is 0. The molecule has 0 bridgehead atoms. The van der Waals surface area contributed by atoms with Crippen molar-refractivity contribution in [2.75, 3.05) is 13.2 Å². The molecule has 0 atom stereocenters. The molecule has 0 aromatic heterocycles. The molecule has 0 N–H and O–H groups in total. The molecule has 1 saturated heterocycles. The van der Waals surface area contributed by atoms with Crippen LogP contribution in [0.2, 0.25) is 0 Å². The monoisotopic (exact) mass is 212 g/mol. The Morgan fingerprint density at radius 1 is 1.07 bits per heavy atom. The first-order valence-electron chi connectivity index (χ1n) is 6.09. The molecule has 2 aliphatic rings. The van der Waals surface area contributed by atoms with Crippen molar-refractivity contribution in [1.29, 1.82) is 0 Å². The first-order chi connectivity index (χ1) is 7.34. The van der Waals surface area contributed by atoms with Crippen molar-refractivity contribution in [3.8, 4) is 0 Å². The Morgan fingerprint density at radius 3 is 2.40 bits per heavy atom. The van der Waals surface area contributed by atoms with E-state index in [1.807, 2.05) is 0 Å². The van der Waals surface area contributed by atoms with E-state index in [4.69, 9.17) is 9.47 Å². The van der Waals surface area contributed by atoms with E-state index in [0.717, 1.165) is 64.1 Å². The highest BCUT2D eigenvalue weighted by Crippen LogP contribution is 2.27. The highest BCUT2D eigenvalue weighted by Gasteiger charge is 2.21. The highest BCUT2D eigenvalue weighted by molar-refractivity contribution is 5.78. The first-order valence-corrected chi connectivity index (χ1v) is 6.09. The lowest BCUT2D eigenvalue weighted by Gasteiger charge is -2.26. The molecule has 0 spiro atoms. The molecular weight excluding hydrogens is 192 g/mol. The number of hydrogen-bond acceptors (Lipinski definition) is 3. The number of Topliss-reactive ketones (excluding diaryl/α,β-unsaturated/α-hetero) is 1. The summed E-state index contributed by atoms with van der Waals surface area (Å²) >= 11 is 0. The van der Waals surface area contributed by atoms with Gasteiger partial charge in [-0.15, -0.1) is 0 Å². The molecule has 0 unspecified atom stereocenters. The Labute approximate surface area is 91.1 Å². The van der Waals surface area contributed by atoms with Gasteiger partial charge in [0.25, 0.3) is 0 Å². The van der Waals surface area contributed by atoms with E-state index < -0.39 is 0 Å². The van der Waals surface area contributed by atoms with Gasteiger partial charge >= 0.3 is 0 Å². The Hall–Kier alpha value is -0.410. The van der Waals surface area contributed by atoms with Crippen LogP contribution < -0.4 is 0 Å². The summed E-state index contributed by atoms with van der Waals surface area (Å²) in [4.78, 5) is 11.1. The van der Waals surface area contributed by atoms with E-state index >= 15 is 0 Å². The second-order valence-corrected chi connectivity index (χ2v) is 4.58. The minimum atomic E-state index is 0.0244. The van der Waals surface area contributed by atoms with Crippen LogP contribution in [0.1, 0.15) is 44.9 Å². The number of carbonyl (C=O) groups is 1. The molecule has 0 amide bonds. The first kappa shape index (κ1) is 11.1. The molecule has 1 heterocycles. The van der Waals surface area contributed by atoms with Gasteiger partial charge in [0.1, 0.15) is 5.78 Å². The standard InChI is InChI=1S/C12H20O3/c13-11-5-2-10(3-6-11)4-7-12-14-8-1-9-15-12/h10,12H,1-9H2. The van der Waals surface area contributed by atoms with Gasteiger partial charge in [-0.25, -0.2) is 0 Å². The van der Waals surface area contributed by atoms with Gasteiger partial charge in [0.2, 0.25) is 0 Å². The smallest absolute Gasteiger partial charge is 0.157 e. The third-order valence-corrected chi connectivity index (χ3v) is 3.37. The van der Waals surface area contributed by atoms with E-state index in [2.05, 4.69) is 0 Å². The summed E-state index contributed by atoms with van der Waals surface area (Å²) < 4.78 is 11.0. The molecule has 2 rings (SSSR count). The predicted molar refractivity (Wildman–Crippen MR) is 56.5 cm³/mol. The average molecular weight is 212 g/mol. The van der Waals surface area contributed by atoms with Crippen molar-refractivity contribution in [2.24, 2.45) is 5.92 Å². The fraction of sp³-hybridized carbons (Fsp3) is 0.917. The van der Waals surface area contributed by atoms with Gasteiger partial charge in [-0.05, 0) is 38.0 Å². The van der Waals surface area contributed by atoms with Gasteiger partial charge in [-0.1, -0.05) is 0 Å². The van der Waals surface area contributed by atoms with E-state index in [1.165, 1.54) is 0 Å². The maximum atomic E-state index is 11.1. The van der Waals surface area contributed by atoms with Crippen LogP contribution in [0.15, 0.2) is 0 Å². The summed E-state index contributed by atoms with van der Waals surface area (Å²) in [6, 6.07) is 0. The number of hydrogen-bond donors (Lipinski definition) is 0. The zero-order valence-electron chi connectivity index (χ0n) is 9.24. The third-order valence-electron chi connectivity index (χ3n) is 3.37. The SMILES string of the molecule is O=C1CCC(CCC2OCCCO2)CC1. The van der Waals surface area contributed by atoms with E-state index in [1.54, 1.807) is 0 Å². The largest absolute Gasteiger partial charge is 0.353 e. The number of ketones is 1. The Balaban J connectivity index is 1.62. The van der Waals surface area contributed by atoms with Crippen LogP contribution in [0.3, 0.4) is 0 Å². The van der Waals surface area contributed by atoms with Crippen LogP contribution in [-0.4, -0.2) is 25.3 Å². The molecule has 15 heavy (non-hydrogen) atoms. The zero-order valence-corrected chi connectivity index (χ0v) is 9.24. The Bertz CT molecular complexity index is 199. The summed E-state index contributed by atoms with van der Waals surface area (Å²) in [5, 5.41) is 0. The minimum absolute atomic E-state index is 0.0244. The third kappa shape index (κ3) is 3.58. The van der Waals surface area contributed by atoms with Gasteiger partial charge in [0, 0.05) is 12.8 Å². The van der Waals surface area contributed by atoms with Crippen LogP contribution in [0, 0.1) is 5.92 Å². The van der Waals surface area contributed by atoms with Crippen LogP contribution in [0.4, 0.5) is 0 Å². The molecule has 2 fully saturated rings. The summed E-state index contributed by atoms with van der Waals surface area (Å²) in [6.45, 7) is 1.68. The number of carbonyl (C=O) groups excluding carboxylic acids is 1. The van der Waals surface area contributed by atoms with Gasteiger partial charge < -0.3 is 9.47 Å². The molecule has 0 aromatic carbocycles. The lowest BCUT2D eigenvalue weighted by molar-refractivity contribution is -0.182. The van der Waals surface area contributed by atoms with Crippen molar-refractivity contribution in [1.82, 2.24) is 0 Å². The molecule has 0 aromatic rings. The Morgan fingerprint density at radius 2 is 1.73 bits per heavy atom. The van der Waals surface area contributed by atoms with Crippen molar-refractivity contribution >= 4 is 5.78 Å². The molecule has 3 nitrogen and oxygen atoms in total. The maximum Gasteiger partial charge on any atom is 0.157 e. The number of ether oxygens (including phenoxy) is 2. The Kier molecular flexibility index (Phi) is 4.15. The van der Waals surface area contributed by atoms with Crippen LogP contribution >= 0.6 is 0 Å². The summed E-state index contributed by atoms with van der Waals surface area (Å²) in [7, 11) is 0. The summed E-state index contributed by atoms with van der Waals surface area (Å²) in [5.74, 6) is 1.16. The minimum Gasteiger partial charge on any atom is -0.353 e. The van der Waals surface area contributed by atoms with Gasteiger partial charge in [0.05, 0.1) is 13.2 Å². The fourth-order valence-corrected chi connectivity index (χ4v) is 2.36. The van der Waals surface area contributed by atoms with Crippen molar-refractivity contribution in [3.63, 3.8) is 0 Å². The average Bonchev–Trinajstić information content (AvgIpc) is 2.30. The maximum absolute atomic E-state index is 11.1. The zero-order chi connectivity index (χ0) is 10.5. The van der Waals surface area contributed by atoms with E-state index in [9.17, 15) is 4.79 Å². The van der Waals surface area contributed by atoms with Crippen molar-refractivity contribution < 1.29 is 14.3 Å². The predicted octanol–water partition coefficient (Wildman–Crippen LogP) is 2.29. The fourth-order valence-electron chi connectivity index (χ4n) is 2.36. The molecule has 1 saturated carbocycles. The molecule has 0 radical (unpaired) electrons.